The highest BCUT2D eigenvalue weighted by molar-refractivity contribution is 5.74. The first-order valence-corrected chi connectivity index (χ1v) is 3.06. The lowest BCUT2D eigenvalue weighted by Gasteiger charge is -2.02. The van der Waals surface area contributed by atoms with Gasteiger partial charge in [-0.25, -0.2) is 9.18 Å². The Morgan fingerprint density at radius 3 is 2.50 bits per heavy atom. The van der Waals surface area contributed by atoms with Crippen molar-refractivity contribution in [2.24, 2.45) is 0 Å². The Labute approximate surface area is 59.7 Å². The van der Waals surface area contributed by atoms with Gasteiger partial charge in [-0.1, -0.05) is 0 Å². The zero-order valence-corrected chi connectivity index (χ0v) is 6.35. The van der Waals surface area contributed by atoms with Gasteiger partial charge in [0.15, 0.2) is 6.17 Å². The average molecular weight is 146 g/mol. The van der Waals surface area contributed by atoms with Crippen LogP contribution in [-0.4, -0.2) is 12.1 Å². The highest BCUT2D eigenvalue weighted by atomic mass is 19.1. The summed E-state index contributed by atoms with van der Waals surface area (Å²) in [4.78, 5) is 10.5. The van der Waals surface area contributed by atoms with E-state index < -0.39 is 12.1 Å². The van der Waals surface area contributed by atoms with Crippen LogP contribution in [0.4, 0.5) is 4.39 Å². The number of alkyl halides is 1. The molecule has 0 aliphatic rings. The summed E-state index contributed by atoms with van der Waals surface area (Å²) in [5.41, 5.74) is 0. The molecular weight excluding hydrogens is 135 g/mol. The van der Waals surface area contributed by atoms with Crippen molar-refractivity contribution >= 4 is 5.97 Å². The average Bonchev–Trinajstić information content (AvgIpc) is 1.87. The molecule has 2 nitrogen and oxygen atoms in total. The van der Waals surface area contributed by atoms with E-state index in [1.165, 1.54) is 0 Å². The lowest BCUT2D eigenvalue weighted by Crippen LogP contribution is -2.13. The zero-order chi connectivity index (χ0) is 8.15. The third-order valence-electron chi connectivity index (χ3n) is 0.993. The summed E-state index contributed by atoms with van der Waals surface area (Å²) in [6.07, 6.45) is 0.0511. The Hall–Kier alpha value is -0.860. The normalized spacial score (nSPS) is 14.6. The van der Waals surface area contributed by atoms with Gasteiger partial charge in [-0.05, 0) is 26.8 Å². The Bertz CT molecular complexity index is 150. The van der Waals surface area contributed by atoms with E-state index in [1.807, 2.05) is 0 Å². The molecule has 10 heavy (non-hydrogen) atoms. The standard InChI is InChI=1S/C7H11FO2/c1-4-5(2)10-7(9)6(3)8/h4,6H,1-3H3/b5-4-. The van der Waals surface area contributed by atoms with Gasteiger partial charge < -0.3 is 4.74 Å². The van der Waals surface area contributed by atoms with Gasteiger partial charge in [0.2, 0.25) is 0 Å². The summed E-state index contributed by atoms with van der Waals surface area (Å²) in [6, 6.07) is 0. The number of hydrogen-bond donors (Lipinski definition) is 0. The number of rotatable bonds is 2. The molecule has 3 heteroatoms. The fourth-order valence-electron chi connectivity index (χ4n) is 0.299. The van der Waals surface area contributed by atoms with Gasteiger partial charge in [0.1, 0.15) is 5.76 Å². The first-order valence-electron chi connectivity index (χ1n) is 3.06. The van der Waals surface area contributed by atoms with Gasteiger partial charge in [0.05, 0.1) is 0 Å². The van der Waals surface area contributed by atoms with E-state index in [1.54, 1.807) is 19.9 Å². The molecule has 0 N–H and O–H groups in total. The van der Waals surface area contributed by atoms with Crippen molar-refractivity contribution in [3.05, 3.63) is 11.8 Å². The van der Waals surface area contributed by atoms with Crippen LogP contribution in [0.15, 0.2) is 11.8 Å². The molecular formula is C7H11FO2. The molecule has 0 radical (unpaired) electrons. The minimum absolute atomic E-state index is 0.425. The number of allylic oxidation sites excluding steroid dienone is 2. The van der Waals surface area contributed by atoms with Crippen LogP contribution in [0.1, 0.15) is 20.8 Å². The topological polar surface area (TPSA) is 26.3 Å². The van der Waals surface area contributed by atoms with Gasteiger partial charge in [-0.3, -0.25) is 0 Å². The van der Waals surface area contributed by atoms with Gasteiger partial charge in [-0.2, -0.15) is 0 Å². The zero-order valence-electron chi connectivity index (χ0n) is 6.35. The van der Waals surface area contributed by atoms with Gasteiger partial charge in [0, 0.05) is 0 Å². The second-order valence-electron chi connectivity index (χ2n) is 1.94. The SMILES string of the molecule is C/C=C(/C)OC(=O)C(C)F. The number of halogens is 1. The van der Waals surface area contributed by atoms with E-state index in [0.717, 1.165) is 6.92 Å². The summed E-state index contributed by atoms with van der Waals surface area (Å²) >= 11 is 0. The maximum atomic E-state index is 12.1. The Kier molecular flexibility index (Phi) is 3.69. The maximum absolute atomic E-state index is 12.1. The predicted octanol–water partition coefficient (Wildman–Crippen LogP) is 1.81. The van der Waals surface area contributed by atoms with E-state index >= 15 is 0 Å². The van der Waals surface area contributed by atoms with Crippen molar-refractivity contribution in [1.29, 1.82) is 0 Å². The molecule has 0 saturated carbocycles. The smallest absolute Gasteiger partial charge is 0.345 e. The number of ether oxygens (including phenoxy) is 1. The minimum Gasteiger partial charge on any atom is -0.430 e. The summed E-state index contributed by atoms with van der Waals surface area (Å²) < 4.78 is 16.6. The fourth-order valence-corrected chi connectivity index (χ4v) is 0.299. The van der Waals surface area contributed by atoms with Crippen LogP contribution in [0.5, 0.6) is 0 Å². The highest BCUT2D eigenvalue weighted by Crippen LogP contribution is 1.99. The minimum atomic E-state index is -1.55. The number of esters is 1. The molecule has 0 aliphatic heterocycles. The fraction of sp³-hybridized carbons (Fsp3) is 0.571. The Morgan fingerprint density at radius 2 is 2.20 bits per heavy atom. The number of carbonyl (C=O) groups is 1. The lowest BCUT2D eigenvalue weighted by molar-refractivity contribution is -0.144. The molecule has 1 atom stereocenters. The van der Waals surface area contributed by atoms with Crippen molar-refractivity contribution in [3.63, 3.8) is 0 Å². The molecule has 0 spiro atoms. The van der Waals surface area contributed by atoms with Crippen LogP contribution in [0.3, 0.4) is 0 Å². The van der Waals surface area contributed by atoms with Crippen LogP contribution in [0, 0.1) is 0 Å². The maximum Gasteiger partial charge on any atom is 0.345 e. The van der Waals surface area contributed by atoms with Crippen molar-refractivity contribution < 1.29 is 13.9 Å². The molecule has 0 saturated heterocycles. The van der Waals surface area contributed by atoms with E-state index in [-0.39, 0.29) is 0 Å². The van der Waals surface area contributed by atoms with Crippen molar-refractivity contribution in [2.75, 3.05) is 0 Å². The molecule has 0 aliphatic carbocycles. The third-order valence-corrected chi connectivity index (χ3v) is 0.993. The molecule has 58 valence electrons. The molecule has 0 aromatic carbocycles. The van der Waals surface area contributed by atoms with Crippen LogP contribution >= 0.6 is 0 Å². The third kappa shape index (κ3) is 3.22. The summed E-state index contributed by atoms with van der Waals surface area (Å²) in [5, 5.41) is 0. The number of carbonyl (C=O) groups excluding carboxylic acids is 1. The second kappa shape index (κ2) is 4.04. The molecule has 0 heterocycles. The second-order valence-corrected chi connectivity index (χ2v) is 1.94. The first-order chi connectivity index (χ1) is 4.57. The van der Waals surface area contributed by atoms with E-state index in [4.69, 9.17) is 0 Å². The predicted molar refractivity (Wildman–Crippen MR) is 36.1 cm³/mol. The first kappa shape index (κ1) is 9.14. The molecule has 0 rings (SSSR count). The highest BCUT2D eigenvalue weighted by Gasteiger charge is 2.12. The van der Waals surface area contributed by atoms with Crippen LogP contribution in [0.25, 0.3) is 0 Å². The van der Waals surface area contributed by atoms with Crippen LogP contribution in [0.2, 0.25) is 0 Å². The molecule has 0 aromatic heterocycles. The van der Waals surface area contributed by atoms with E-state index in [2.05, 4.69) is 4.74 Å². The van der Waals surface area contributed by atoms with E-state index in [9.17, 15) is 9.18 Å². The van der Waals surface area contributed by atoms with E-state index in [0.29, 0.717) is 5.76 Å². The largest absolute Gasteiger partial charge is 0.430 e. The summed E-state index contributed by atoms with van der Waals surface area (Å²) in [5.74, 6) is -0.412. The molecule has 0 aromatic rings. The van der Waals surface area contributed by atoms with Crippen molar-refractivity contribution in [3.8, 4) is 0 Å². The van der Waals surface area contributed by atoms with Gasteiger partial charge >= 0.3 is 5.97 Å². The summed E-state index contributed by atoms with van der Waals surface area (Å²) in [6.45, 7) is 4.46. The lowest BCUT2D eigenvalue weighted by atomic mass is 10.4. The van der Waals surface area contributed by atoms with Gasteiger partial charge in [-0.15, -0.1) is 0 Å². The van der Waals surface area contributed by atoms with Crippen LogP contribution in [-0.2, 0) is 9.53 Å². The molecule has 1 unspecified atom stereocenters. The molecule has 0 bridgehead atoms. The van der Waals surface area contributed by atoms with Crippen molar-refractivity contribution in [1.82, 2.24) is 0 Å². The van der Waals surface area contributed by atoms with Crippen LogP contribution < -0.4 is 0 Å². The van der Waals surface area contributed by atoms with Gasteiger partial charge in [0.25, 0.3) is 0 Å². The Morgan fingerprint density at radius 1 is 1.70 bits per heavy atom. The van der Waals surface area contributed by atoms with Crippen molar-refractivity contribution in [2.45, 2.75) is 26.9 Å². The number of hydrogen-bond acceptors (Lipinski definition) is 2. The quantitative estimate of drug-likeness (QED) is 0.438. The molecule has 0 fully saturated rings. The Balaban J connectivity index is 3.81. The summed E-state index contributed by atoms with van der Waals surface area (Å²) in [7, 11) is 0. The molecule has 0 amide bonds. The monoisotopic (exact) mass is 146 g/mol.